The fourth-order valence-electron chi connectivity index (χ4n) is 2.13. The summed E-state index contributed by atoms with van der Waals surface area (Å²) in [4.78, 5) is 23.1. The average molecular weight is 305 g/mol. The molecule has 118 valence electrons. The van der Waals surface area contributed by atoms with Crippen LogP contribution in [0.2, 0.25) is 0 Å². The smallest absolute Gasteiger partial charge is 0.328 e. The van der Waals surface area contributed by atoms with Gasteiger partial charge in [0.1, 0.15) is 11.4 Å². The van der Waals surface area contributed by atoms with Gasteiger partial charge in [0.2, 0.25) is 0 Å². The first-order valence-electron chi connectivity index (χ1n) is 6.94. The van der Waals surface area contributed by atoms with E-state index in [1.807, 2.05) is 26.0 Å². The summed E-state index contributed by atoms with van der Waals surface area (Å²) in [5, 5.41) is 20.7. The van der Waals surface area contributed by atoms with Gasteiger partial charge in [0.15, 0.2) is 6.04 Å². The quantitative estimate of drug-likeness (QED) is 0.782. The number of fused-ring (bicyclic) bond motifs is 1. The molecule has 1 amide bonds. The molecule has 2 rings (SSSR count). The molecule has 22 heavy (non-hydrogen) atoms. The molecule has 1 heterocycles. The zero-order valence-corrected chi connectivity index (χ0v) is 12.7. The SMILES string of the molecule is C[C@@H](O)[C@H](NC(=O)c1ccc2c(c1)C=CC(C)(C)O2)C(=O)O. The average Bonchev–Trinajstić information content (AvgIpc) is 2.42. The fourth-order valence-corrected chi connectivity index (χ4v) is 2.13. The Labute approximate surface area is 128 Å². The number of carboxylic acids is 1. The minimum atomic E-state index is -1.35. The van der Waals surface area contributed by atoms with Gasteiger partial charge in [0, 0.05) is 11.1 Å². The van der Waals surface area contributed by atoms with Crippen molar-refractivity contribution in [1.82, 2.24) is 5.32 Å². The van der Waals surface area contributed by atoms with Crippen molar-refractivity contribution in [2.45, 2.75) is 38.5 Å². The summed E-state index contributed by atoms with van der Waals surface area (Å²) in [6, 6.07) is 3.50. The van der Waals surface area contributed by atoms with E-state index < -0.39 is 29.6 Å². The summed E-state index contributed by atoms with van der Waals surface area (Å²) >= 11 is 0. The second-order valence-electron chi connectivity index (χ2n) is 5.82. The van der Waals surface area contributed by atoms with Crippen LogP contribution in [0.4, 0.5) is 0 Å². The maximum Gasteiger partial charge on any atom is 0.328 e. The van der Waals surface area contributed by atoms with Gasteiger partial charge in [-0.2, -0.15) is 0 Å². The molecule has 2 atom stereocenters. The lowest BCUT2D eigenvalue weighted by Crippen LogP contribution is -2.47. The number of hydrogen-bond donors (Lipinski definition) is 3. The minimum absolute atomic E-state index is 0.304. The van der Waals surface area contributed by atoms with Crippen LogP contribution in [0.1, 0.15) is 36.7 Å². The first-order valence-corrected chi connectivity index (χ1v) is 6.94. The lowest BCUT2D eigenvalue weighted by atomic mass is 10.0. The molecular weight excluding hydrogens is 286 g/mol. The van der Waals surface area contributed by atoms with E-state index in [-0.39, 0.29) is 0 Å². The monoisotopic (exact) mass is 305 g/mol. The number of carboxylic acid groups (broad SMARTS) is 1. The van der Waals surface area contributed by atoms with Gasteiger partial charge < -0.3 is 20.3 Å². The molecule has 0 unspecified atom stereocenters. The molecule has 0 radical (unpaired) electrons. The number of hydrogen-bond acceptors (Lipinski definition) is 4. The predicted molar refractivity (Wildman–Crippen MR) is 80.8 cm³/mol. The van der Waals surface area contributed by atoms with Gasteiger partial charge >= 0.3 is 5.97 Å². The lowest BCUT2D eigenvalue weighted by molar-refractivity contribution is -0.141. The van der Waals surface area contributed by atoms with E-state index in [9.17, 15) is 14.7 Å². The highest BCUT2D eigenvalue weighted by Crippen LogP contribution is 2.31. The van der Waals surface area contributed by atoms with E-state index >= 15 is 0 Å². The van der Waals surface area contributed by atoms with Crippen LogP contribution < -0.4 is 10.1 Å². The number of ether oxygens (including phenoxy) is 1. The molecule has 0 fully saturated rings. The number of aliphatic hydroxyl groups excluding tert-OH is 1. The van der Waals surface area contributed by atoms with Crippen LogP contribution in [0.25, 0.3) is 6.08 Å². The van der Waals surface area contributed by atoms with Crippen molar-refractivity contribution in [2.24, 2.45) is 0 Å². The molecule has 6 heteroatoms. The van der Waals surface area contributed by atoms with Crippen molar-refractivity contribution in [3.63, 3.8) is 0 Å². The van der Waals surface area contributed by atoms with Crippen molar-refractivity contribution < 1.29 is 24.5 Å². The van der Waals surface area contributed by atoms with Gasteiger partial charge in [-0.05, 0) is 45.0 Å². The van der Waals surface area contributed by atoms with Gasteiger partial charge in [0.25, 0.3) is 5.91 Å². The maximum absolute atomic E-state index is 12.1. The number of nitrogens with one attached hydrogen (secondary N) is 1. The van der Waals surface area contributed by atoms with Crippen LogP contribution in [0.5, 0.6) is 5.75 Å². The van der Waals surface area contributed by atoms with Crippen molar-refractivity contribution >= 4 is 18.0 Å². The first-order chi connectivity index (χ1) is 10.2. The van der Waals surface area contributed by atoms with E-state index in [0.717, 1.165) is 5.56 Å². The zero-order chi connectivity index (χ0) is 16.5. The van der Waals surface area contributed by atoms with E-state index in [1.54, 1.807) is 18.2 Å². The molecule has 0 aromatic heterocycles. The summed E-state index contributed by atoms with van der Waals surface area (Å²) in [6.07, 6.45) is 2.55. The third-order valence-corrected chi connectivity index (χ3v) is 3.34. The Balaban J connectivity index is 2.20. The van der Waals surface area contributed by atoms with Gasteiger partial charge in [-0.3, -0.25) is 4.79 Å². The summed E-state index contributed by atoms with van der Waals surface area (Å²) in [5.74, 6) is -1.19. The van der Waals surface area contributed by atoms with E-state index in [1.165, 1.54) is 6.92 Å². The Bertz CT molecular complexity index is 633. The number of aliphatic carboxylic acids is 1. The van der Waals surface area contributed by atoms with Gasteiger partial charge in [-0.1, -0.05) is 6.08 Å². The van der Waals surface area contributed by atoms with Crippen LogP contribution in [-0.2, 0) is 4.79 Å². The number of rotatable bonds is 4. The van der Waals surface area contributed by atoms with E-state index in [2.05, 4.69) is 5.32 Å². The van der Waals surface area contributed by atoms with Gasteiger partial charge in [0.05, 0.1) is 6.10 Å². The van der Waals surface area contributed by atoms with Crippen molar-refractivity contribution in [3.05, 3.63) is 35.4 Å². The van der Waals surface area contributed by atoms with Crippen molar-refractivity contribution in [1.29, 1.82) is 0 Å². The Hall–Kier alpha value is -2.34. The van der Waals surface area contributed by atoms with Gasteiger partial charge in [-0.15, -0.1) is 0 Å². The predicted octanol–water partition coefficient (Wildman–Crippen LogP) is 1.43. The molecular formula is C16H19NO5. The Morgan fingerprint density at radius 2 is 2.00 bits per heavy atom. The van der Waals surface area contributed by atoms with Crippen molar-refractivity contribution in [2.75, 3.05) is 0 Å². The Morgan fingerprint density at radius 3 is 2.59 bits per heavy atom. The molecule has 0 bridgehead atoms. The number of benzene rings is 1. The largest absolute Gasteiger partial charge is 0.483 e. The van der Waals surface area contributed by atoms with Crippen LogP contribution >= 0.6 is 0 Å². The topological polar surface area (TPSA) is 95.9 Å². The third-order valence-electron chi connectivity index (χ3n) is 3.34. The highest BCUT2D eigenvalue weighted by Gasteiger charge is 2.26. The first kappa shape index (κ1) is 16.0. The highest BCUT2D eigenvalue weighted by molar-refractivity contribution is 5.97. The molecule has 6 nitrogen and oxygen atoms in total. The highest BCUT2D eigenvalue weighted by atomic mass is 16.5. The van der Waals surface area contributed by atoms with Crippen LogP contribution in [0.3, 0.4) is 0 Å². The summed E-state index contributed by atoms with van der Waals surface area (Å²) in [6.45, 7) is 5.16. The van der Waals surface area contributed by atoms with Crippen LogP contribution in [0, 0.1) is 0 Å². The van der Waals surface area contributed by atoms with Crippen molar-refractivity contribution in [3.8, 4) is 5.75 Å². The molecule has 0 spiro atoms. The fraction of sp³-hybridized carbons (Fsp3) is 0.375. The minimum Gasteiger partial charge on any atom is -0.483 e. The number of amides is 1. The molecule has 1 aromatic carbocycles. The Kier molecular flexibility index (Phi) is 4.23. The molecule has 1 aromatic rings. The summed E-state index contributed by atoms with van der Waals surface area (Å²) < 4.78 is 5.76. The van der Waals surface area contributed by atoms with Crippen LogP contribution in [-0.4, -0.2) is 39.8 Å². The number of aliphatic hydroxyl groups is 1. The summed E-state index contributed by atoms with van der Waals surface area (Å²) in [7, 11) is 0. The molecule has 0 saturated carbocycles. The second-order valence-corrected chi connectivity index (χ2v) is 5.82. The molecule has 3 N–H and O–H groups in total. The molecule has 1 aliphatic heterocycles. The second kappa shape index (κ2) is 5.81. The zero-order valence-electron chi connectivity index (χ0n) is 12.7. The van der Waals surface area contributed by atoms with E-state index in [0.29, 0.717) is 11.3 Å². The lowest BCUT2D eigenvalue weighted by Gasteiger charge is -2.28. The molecule has 0 saturated heterocycles. The molecule has 1 aliphatic rings. The van der Waals surface area contributed by atoms with Crippen LogP contribution in [0.15, 0.2) is 24.3 Å². The number of carbonyl (C=O) groups excluding carboxylic acids is 1. The normalized spacial score (nSPS) is 17.8. The van der Waals surface area contributed by atoms with Gasteiger partial charge in [-0.25, -0.2) is 4.79 Å². The summed E-state index contributed by atoms with van der Waals surface area (Å²) in [5.41, 5.74) is 0.645. The number of carbonyl (C=O) groups is 2. The third kappa shape index (κ3) is 3.46. The molecule has 0 aliphatic carbocycles. The maximum atomic E-state index is 12.1. The Morgan fingerprint density at radius 1 is 1.32 bits per heavy atom. The van der Waals surface area contributed by atoms with E-state index in [4.69, 9.17) is 9.84 Å². The standard InChI is InChI=1S/C16H19NO5/c1-9(18)13(15(20)21)17-14(19)11-4-5-12-10(8-11)6-7-16(2,3)22-12/h4-9,13,18H,1-3H3,(H,17,19)(H,20,21)/t9-,13+/m1/s1.